The van der Waals surface area contributed by atoms with Gasteiger partial charge in [0.1, 0.15) is 0 Å². The lowest BCUT2D eigenvalue weighted by atomic mass is 10.1. The molecule has 0 bridgehead atoms. The summed E-state index contributed by atoms with van der Waals surface area (Å²) in [5.74, 6) is 0. The summed E-state index contributed by atoms with van der Waals surface area (Å²) >= 11 is 0. The highest BCUT2D eigenvalue weighted by Gasteiger charge is 2.11. The topological polar surface area (TPSA) is 21.3 Å². The molecule has 2 heteroatoms. The van der Waals surface area contributed by atoms with Crippen LogP contribution < -0.4 is 5.32 Å². The number of rotatable bonds is 8. The maximum absolute atomic E-state index is 5.84. The molecule has 0 spiro atoms. The molecule has 96 valence electrons. The van der Waals surface area contributed by atoms with E-state index in [1.54, 1.807) is 0 Å². The van der Waals surface area contributed by atoms with Crippen LogP contribution in [0.5, 0.6) is 0 Å². The van der Waals surface area contributed by atoms with Crippen molar-refractivity contribution in [2.24, 2.45) is 0 Å². The van der Waals surface area contributed by atoms with Gasteiger partial charge in [-0.3, -0.25) is 0 Å². The summed E-state index contributed by atoms with van der Waals surface area (Å²) < 4.78 is 5.84. The van der Waals surface area contributed by atoms with Crippen LogP contribution in [0.4, 0.5) is 0 Å². The summed E-state index contributed by atoms with van der Waals surface area (Å²) in [5, 5.41) is 3.54. The Kier molecular flexibility index (Phi) is 6.90. The molecule has 0 amide bonds. The molecule has 0 radical (unpaired) electrons. The molecule has 2 nitrogen and oxygen atoms in total. The van der Waals surface area contributed by atoms with Crippen molar-refractivity contribution in [1.29, 1.82) is 0 Å². The minimum Gasteiger partial charge on any atom is -0.377 e. The average Bonchev–Trinajstić information content (AvgIpc) is 2.39. The van der Waals surface area contributed by atoms with E-state index in [1.165, 1.54) is 5.56 Å². The van der Waals surface area contributed by atoms with E-state index in [0.29, 0.717) is 12.1 Å². The second kappa shape index (κ2) is 8.26. The molecule has 1 aromatic rings. The molecule has 2 atom stereocenters. The van der Waals surface area contributed by atoms with Crippen molar-refractivity contribution in [3.63, 3.8) is 0 Å². The Morgan fingerprint density at radius 3 is 2.47 bits per heavy atom. The molecule has 0 saturated carbocycles. The maximum atomic E-state index is 5.84. The molecule has 0 aliphatic heterocycles. The number of hydrogen-bond donors (Lipinski definition) is 1. The van der Waals surface area contributed by atoms with E-state index in [4.69, 9.17) is 4.74 Å². The lowest BCUT2D eigenvalue weighted by Gasteiger charge is -2.21. The number of benzene rings is 1. The molecule has 1 N–H and O–H groups in total. The van der Waals surface area contributed by atoms with Gasteiger partial charge >= 0.3 is 0 Å². The van der Waals surface area contributed by atoms with Crippen LogP contribution in [0, 0.1) is 0 Å². The monoisotopic (exact) mass is 235 g/mol. The van der Waals surface area contributed by atoms with Crippen molar-refractivity contribution < 1.29 is 4.74 Å². The minimum atomic E-state index is 0.310. The normalized spacial score (nSPS) is 14.5. The molecular formula is C15H25NO. The largest absolute Gasteiger partial charge is 0.377 e. The van der Waals surface area contributed by atoms with E-state index in [2.05, 4.69) is 56.4 Å². The van der Waals surface area contributed by atoms with Crippen LogP contribution in [0.15, 0.2) is 30.3 Å². The SMILES string of the molecule is CCCNC(COC(C)CC)c1ccccc1. The smallest absolute Gasteiger partial charge is 0.0665 e. The average molecular weight is 235 g/mol. The second-order valence-electron chi connectivity index (χ2n) is 4.47. The minimum absolute atomic E-state index is 0.310. The summed E-state index contributed by atoms with van der Waals surface area (Å²) in [7, 11) is 0. The predicted octanol–water partition coefficient (Wildman–Crippen LogP) is 3.54. The summed E-state index contributed by atoms with van der Waals surface area (Å²) in [6.45, 7) is 8.25. The van der Waals surface area contributed by atoms with Gasteiger partial charge in [-0.25, -0.2) is 0 Å². The highest BCUT2D eigenvalue weighted by atomic mass is 16.5. The highest BCUT2D eigenvalue weighted by molar-refractivity contribution is 5.18. The van der Waals surface area contributed by atoms with Crippen molar-refractivity contribution >= 4 is 0 Å². The third kappa shape index (κ3) is 5.33. The van der Waals surface area contributed by atoms with E-state index in [1.807, 2.05) is 0 Å². The Morgan fingerprint density at radius 1 is 1.18 bits per heavy atom. The highest BCUT2D eigenvalue weighted by Crippen LogP contribution is 2.14. The van der Waals surface area contributed by atoms with Gasteiger partial charge in [0.15, 0.2) is 0 Å². The summed E-state index contributed by atoms with van der Waals surface area (Å²) in [4.78, 5) is 0. The van der Waals surface area contributed by atoms with Crippen molar-refractivity contribution in [2.75, 3.05) is 13.2 Å². The van der Waals surface area contributed by atoms with Gasteiger partial charge in [-0.2, -0.15) is 0 Å². The number of hydrogen-bond acceptors (Lipinski definition) is 2. The fraction of sp³-hybridized carbons (Fsp3) is 0.600. The molecule has 0 fully saturated rings. The molecule has 2 unspecified atom stereocenters. The van der Waals surface area contributed by atoms with Gasteiger partial charge in [-0.05, 0) is 31.9 Å². The Bertz CT molecular complexity index is 286. The van der Waals surface area contributed by atoms with Gasteiger partial charge in [0.25, 0.3) is 0 Å². The van der Waals surface area contributed by atoms with Gasteiger partial charge < -0.3 is 10.1 Å². The molecular weight excluding hydrogens is 210 g/mol. The number of nitrogens with one attached hydrogen (secondary N) is 1. The molecule has 17 heavy (non-hydrogen) atoms. The van der Waals surface area contributed by atoms with Gasteiger partial charge in [-0.15, -0.1) is 0 Å². The summed E-state index contributed by atoms with van der Waals surface area (Å²) in [6, 6.07) is 10.8. The van der Waals surface area contributed by atoms with E-state index >= 15 is 0 Å². The zero-order chi connectivity index (χ0) is 12.5. The number of ether oxygens (including phenoxy) is 1. The van der Waals surface area contributed by atoms with Crippen LogP contribution in [0.3, 0.4) is 0 Å². The molecule has 1 aromatic carbocycles. The summed E-state index contributed by atoms with van der Waals surface area (Å²) in [5.41, 5.74) is 1.31. The fourth-order valence-corrected chi connectivity index (χ4v) is 1.66. The molecule has 1 rings (SSSR count). The molecule has 0 aromatic heterocycles. The van der Waals surface area contributed by atoms with Crippen molar-refractivity contribution in [1.82, 2.24) is 5.32 Å². The molecule has 0 heterocycles. The van der Waals surface area contributed by atoms with Crippen LogP contribution in [-0.4, -0.2) is 19.3 Å². The molecule has 0 aliphatic carbocycles. The molecule has 0 aliphatic rings. The lowest BCUT2D eigenvalue weighted by molar-refractivity contribution is 0.0474. The van der Waals surface area contributed by atoms with Crippen LogP contribution in [-0.2, 0) is 4.74 Å². The zero-order valence-electron chi connectivity index (χ0n) is 11.3. The van der Waals surface area contributed by atoms with E-state index in [0.717, 1.165) is 26.0 Å². The molecule has 0 saturated heterocycles. The maximum Gasteiger partial charge on any atom is 0.0665 e. The Labute approximate surface area is 105 Å². The van der Waals surface area contributed by atoms with Crippen molar-refractivity contribution in [2.45, 2.75) is 45.8 Å². The quantitative estimate of drug-likeness (QED) is 0.744. The Hall–Kier alpha value is -0.860. The summed E-state index contributed by atoms with van der Waals surface area (Å²) in [6.07, 6.45) is 2.55. The van der Waals surface area contributed by atoms with Crippen LogP contribution in [0.2, 0.25) is 0 Å². The first kappa shape index (κ1) is 14.2. The predicted molar refractivity (Wildman–Crippen MR) is 73.2 cm³/mol. The van der Waals surface area contributed by atoms with Crippen molar-refractivity contribution in [3.8, 4) is 0 Å². The Balaban J connectivity index is 2.54. The second-order valence-corrected chi connectivity index (χ2v) is 4.47. The first-order chi connectivity index (χ1) is 8.27. The van der Waals surface area contributed by atoms with E-state index < -0.39 is 0 Å². The first-order valence-electron chi connectivity index (χ1n) is 6.67. The standard InChI is InChI=1S/C15H25NO/c1-4-11-16-15(12-17-13(3)5-2)14-9-7-6-8-10-14/h6-10,13,15-16H,4-5,11-12H2,1-3H3. The van der Waals surface area contributed by atoms with Crippen LogP contribution >= 0.6 is 0 Å². The first-order valence-corrected chi connectivity index (χ1v) is 6.67. The third-order valence-corrected chi connectivity index (χ3v) is 2.97. The van der Waals surface area contributed by atoms with E-state index in [9.17, 15) is 0 Å². The van der Waals surface area contributed by atoms with Gasteiger partial charge in [0.2, 0.25) is 0 Å². The Morgan fingerprint density at radius 2 is 1.88 bits per heavy atom. The van der Waals surface area contributed by atoms with Gasteiger partial charge in [-0.1, -0.05) is 44.2 Å². The lowest BCUT2D eigenvalue weighted by Crippen LogP contribution is -2.27. The van der Waals surface area contributed by atoms with Crippen molar-refractivity contribution in [3.05, 3.63) is 35.9 Å². The zero-order valence-corrected chi connectivity index (χ0v) is 11.3. The van der Waals surface area contributed by atoms with Crippen LogP contribution in [0.1, 0.15) is 45.2 Å². The van der Waals surface area contributed by atoms with Gasteiger partial charge in [0, 0.05) is 0 Å². The van der Waals surface area contributed by atoms with Crippen LogP contribution in [0.25, 0.3) is 0 Å². The fourth-order valence-electron chi connectivity index (χ4n) is 1.66. The van der Waals surface area contributed by atoms with E-state index in [-0.39, 0.29) is 0 Å². The van der Waals surface area contributed by atoms with Gasteiger partial charge in [0.05, 0.1) is 18.8 Å². The third-order valence-electron chi connectivity index (χ3n) is 2.97.